The molecule has 2 aliphatic heterocycles. The molecule has 0 saturated carbocycles. The molecular formula is C25H31F3N4O2. The van der Waals surface area contributed by atoms with Gasteiger partial charge in [0, 0.05) is 31.7 Å². The van der Waals surface area contributed by atoms with E-state index in [9.17, 15) is 18.0 Å². The number of hydrogen-bond donors (Lipinski definition) is 1. The molecular weight excluding hydrogens is 445 g/mol. The molecule has 1 amide bonds. The van der Waals surface area contributed by atoms with E-state index in [4.69, 9.17) is 4.74 Å². The van der Waals surface area contributed by atoms with E-state index in [2.05, 4.69) is 27.3 Å². The molecule has 0 bridgehead atoms. The Bertz CT molecular complexity index is 936. The molecule has 2 aliphatic rings. The van der Waals surface area contributed by atoms with Crippen LogP contribution in [0.3, 0.4) is 0 Å². The molecule has 9 heteroatoms. The number of aromatic nitrogens is 1. The summed E-state index contributed by atoms with van der Waals surface area (Å²) in [5, 5.41) is 3.16. The van der Waals surface area contributed by atoms with Gasteiger partial charge in [-0.1, -0.05) is 12.1 Å². The van der Waals surface area contributed by atoms with Gasteiger partial charge in [0.05, 0.1) is 18.7 Å². The summed E-state index contributed by atoms with van der Waals surface area (Å²) in [6.07, 6.45) is 0.0894. The second kappa shape index (κ2) is 10.6. The van der Waals surface area contributed by atoms with Gasteiger partial charge in [-0.25, -0.2) is 4.98 Å². The highest BCUT2D eigenvalue weighted by Crippen LogP contribution is 2.30. The lowest BCUT2D eigenvalue weighted by molar-refractivity contribution is -0.137. The maximum Gasteiger partial charge on any atom is 0.417 e. The molecule has 6 nitrogen and oxygen atoms in total. The van der Waals surface area contributed by atoms with E-state index in [1.54, 1.807) is 7.11 Å². The van der Waals surface area contributed by atoms with Crippen LogP contribution in [-0.4, -0.2) is 55.6 Å². The quantitative estimate of drug-likeness (QED) is 0.647. The fourth-order valence-corrected chi connectivity index (χ4v) is 4.79. The zero-order valence-electron chi connectivity index (χ0n) is 19.4. The third kappa shape index (κ3) is 5.81. The van der Waals surface area contributed by atoms with Crippen LogP contribution in [0.1, 0.15) is 42.9 Å². The average Bonchev–Trinajstić information content (AvgIpc) is 3.39. The van der Waals surface area contributed by atoms with Crippen molar-refractivity contribution in [3.8, 4) is 5.75 Å². The first-order valence-corrected chi connectivity index (χ1v) is 11.8. The molecule has 1 N–H and O–H groups in total. The Morgan fingerprint density at radius 3 is 2.32 bits per heavy atom. The zero-order chi connectivity index (χ0) is 24.1. The number of benzene rings is 1. The van der Waals surface area contributed by atoms with Crippen molar-refractivity contribution in [2.45, 2.75) is 37.9 Å². The molecule has 2 saturated heterocycles. The molecule has 1 aromatic heterocycles. The van der Waals surface area contributed by atoms with Crippen molar-refractivity contribution in [1.82, 2.24) is 15.2 Å². The van der Waals surface area contributed by atoms with Crippen LogP contribution in [-0.2, 0) is 11.0 Å². The van der Waals surface area contributed by atoms with E-state index >= 15 is 0 Å². The number of ether oxygens (including phenoxy) is 1. The molecule has 1 aromatic carbocycles. The van der Waals surface area contributed by atoms with Crippen LogP contribution in [0, 0.1) is 5.92 Å². The molecule has 2 aromatic rings. The molecule has 3 heterocycles. The van der Waals surface area contributed by atoms with Crippen molar-refractivity contribution in [2.24, 2.45) is 5.92 Å². The summed E-state index contributed by atoms with van der Waals surface area (Å²) >= 11 is 0. The molecule has 184 valence electrons. The number of piperidine rings is 1. The van der Waals surface area contributed by atoms with E-state index in [0.717, 1.165) is 49.5 Å². The van der Waals surface area contributed by atoms with Gasteiger partial charge in [0.15, 0.2) is 0 Å². The summed E-state index contributed by atoms with van der Waals surface area (Å²) in [5.41, 5.74) is 0.404. The first kappa shape index (κ1) is 24.3. The van der Waals surface area contributed by atoms with Crippen LogP contribution in [0.4, 0.5) is 19.0 Å². The predicted molar refractivity (Wildman–Crippen MR) is 124 cm³/mol. The average molecular weight is 477 g/mol. The Hall–Kier alpha value is -2.81. The predicted octanol–water partition coefficient (Wildman–Crippen LogP) is 4.28. The molecule has 0 unspecified atom stereocenters. The number of hydrogen-bond acceptors (Lipinski definition) is 5. The van der Waals surface area contributed by atoms with Crippen molar-refractivity contribution >= 4 is 11.7 Å². The lowest BCUT2D eigenvalue weighted by Gasteiger charge is -2.33. The van der Waals surface area contributed by atoms with Crippen LogP contribution in [0.15, 0.2) is 42.6 Å². The van der Waals surface area contributed by atoms with E-state index in [1.165, 1.54) is 6.07 Å². The highest BCUT2D eigenvalue weighted by Gasteiger charge is 2.32. The Balaban J connectivity index is 1.31. The first-order chi connectivity index (χ1) is 16.3. The van der Waals surface area contributed by atoms with Gasteiger partial charge in [0.2, 0.25) is 5.91 Å². The number of carbonyl (C=O) groups is 1. The number of carbonyl (C=O) groups excluding carboxylic acids is 1. The maximum absolute atomic E-state index is 12.9. The topological polar surface area (TPSA) is 57.7 Å². The number of likely N-dealkylation sites (tertiary alicyclic amines) is 1. The summed E-state index contributed by atoms with van der Waals surface area (Å²) in [5.74, 6) is 1.25. The number of rotatable bonds is 7. The first-order valence-electron chi connectivity index (χ1n) is 11.8. The summed E-state index contributed by atoms with van der Waals surface area (Å²) in [4.78, 5) is 21.3. The van der Waals surface area contributed by atoms with Crippen LogP contribution in [0.25, 0.3) is 0 Å². The van der Waals surface area contributed by atoms with Gasteiger partial charge >= 0.3 is 6.18 Å². The number of nitrogens with one attached hydrogen (secondary N) is 1. The standard InChI is InChI=1S/C25H31F3N4O2/c1-34-21-7-4-18(5-8-21)22(31-12-2-3-13-31)17-30-24(33)19-10-14-32(15-11-19)23-9-6-20(16-29-23)25(26,27)28/h4-9,16,19,22H,2-3,10-15,17H2,1H3,(H,30,33)/t22-/m0/s1. The van der Waals surface area contributed by atoms with E-state index in [0.29, 0.717) is 38.3 Å². The van der Waals surface area contributed by atoms with E-state index in [1.807, 2.05) is 17.0 Å². The molecule has 4 rings (SSSR count). The minimum Gasteiger partial charge on any atom is -0.497 e. The number of pyridine rings is 1. The van der Waals surface area contributed by atoms with Gasteiger partial charge in [-0.3, -0.25) is 9.69 Å². The van der Waals surface area contributed by atoms with Crippen LogP contribution in [0.2, 0.25) is 0 Å². The van der Waals surface area contributed by atoms with E-state index < -0.39 is 11.7 Å². The number of methoxy groups -OCH3 is 1. The van der Waals surface area contributed by atoms with Gasteiger partial charge in [-0.15, -0.1) is 0 Å². The van der Waals surface area contributed by atoms with Gasteiger partial charge in [0.1, 0.15) is 11.6 Å². The second-order valence-electron chi connectivity index (χ2n) is 8.94. The lowest BCUT2D eigenvalue weighted by Crippen LogP contribution is -2.43. The van der Waals surface area contributed by atoms with Gasteiger partial charge in [0.25, 0.3) is 0 Å². The second-order valence-corrected chi connectivity index (χ2v) is 8.94. The van der Waals surface area contributed by atoms with Crippen molar-refractivity contribution < 1.29 is 22.7 Å². The van der Waals surface area contributed by atoms with Crippen molar-refractivity contribution in [1.29, 1.82) is 0 Å². The van der Waals surface area contributed by atoms with Gasteiger partial charge < -0.3 is 15.0 Å². The largest absolute Gasteiger partial charge is 0.497 e. The molecule has 34 heavy (non-hydrogen) atoms. The smallest absolute Gasteiger partial charge is 0.417 e. The minimum absolute atomic E-state index is 0.0396. The molecule has 0 aliphatic carbocycles. The fraction of sp³-hybridized carbons (Fsp3) is 0.520. The lowest BCUT2D eigenvalue weighted by atomic mass is 9.95. The van der Waals surface area contributed by atoms with Crippen molar-refractivity contribution in [3.63, 3.8) is 0 Å². The molecule has 0 radical (unpaired) electrons. The molecule has 1 atom stereocenters. The van der Waals surface area contributed by atoms with Gasteiger partial charge in [-0.2, -0.15) is 13.2 Å². The van der Waals surface area contributed by atoms with Crippen molar-refractivity contribution in [3.05, 3.63) is 53.7 Å². The number of anilines is 1. The zero-order valence-corrected chi connectivity index (χ0v) is 19.4. The Kier molecular flexibility index (Phi) is 7.60. The SMILES string of the molecule is COc1ccc([C@H](CNC(=O)C2CCN(c3ccc(C(F)(F)F)cn3)CC2)N2CCCC2)cc1. The number of amides is 1. The summed E-state index contributed by atoms with van der Waals surface area (Å²) in [7, 11) is 1.64. The van der Waals surface area contributed by atoms with Crippen LogP contribution >= 0.6 is 0 Å². The third-order valence-corrected chi connectivity index (χ3v) is 6.82. The Labute approximate surface area is 198 Å². The number of nitrogens with zero attached hydrogens (tertiary/aromatic N) is 3. The number of halogens is 3. The highest BCUT2D eigenvalue weighted by molar-refractivity contribution is 5.79. The number of alkyl halides is 3. The van der Waals surface area contributed by atoms with Crippen molar-refractivity contribution in [2.75, 3.05) is 44.7 Å². The highest BCUT2D eigenvalue weighted by atomic mass is 19.4. The molecule has 2 fully saturated rings. The van der Waals surface area contributed by atoms with E-state index in [-0.39, 0.29) is 17.9 Å². The third-order valence-electron chi connectivity index (χ3n) is 6.82. The minimum atomic E-state index is -4.39. The Morgan fingerprint density at radius 2 is 1.76 bits per heavy atom. The normalized spacial score (nSPS) is 18.6. The summed E-state index contributed by atoms with van der Waals surface area (Å²) in [6.45, 7) is 3.76. The monoisotopic (exact) mass is 476 g/mol. The molecule has 0 spiro atoms. The Morgan fingerprint density at radius 1 is 1.09 bits per heavy atom. The van der Waals surface area contributed by atoms with Crippen LogP contribution in [0.5, 0.6) is 5.75 Å². The summed E-state index contributed by atoms with van der Waals surface area (Å²) < 4.78 is 43.6. The maximum atomic E-state index is 12.9. The fourth-order valence-electron chi connectivity index (χ4n) is 4.79. The summed E-state index contributed by atoms with van der Waals surface area (Å²) in [6, 6.07) is 10.6. The van der Waals surface area contributed by atoms with Gasteiger partial charge in [-0.05, 0) is 68.6 Å². The van der Waals surface area contributed by atoms with Crippen LogP contribution < -0.4 is 15.0 Å².